The summed E-state index contributed by atoms with van der Waals surface area (Å²) in [4.78, 5) is 0. The molecule has 0 aliphatic rings. The molecule has 0 fully saturated rings. The molecule has 0 unspecified atom stereocenters. The molecule has 1 aromatic rings. The van der Waals surface area contributed by atoms with Gasteiger partial charge in [-0.15, -0.1) is 0 Å². The van der Waals surface area contributed by atoms with E-state index in [0.717, 1.165) is 6.07 Å². The lowest BCUT2D eigenvalue weighted by Crippen LogP contribution is -2.22. The van der Waals surface area contributed by atoms with Crippen LogP contribution in [-0.2, 0) is 0 Å². The van der Waals surface area contributed by atoms with Crippen molar-refractivity contribution < 1.29 is 33.0 Å². The highest BCUT2D eigenvalue weighted by atomic mass is 19.2. The van der Waals surface area contributed by atoms with Gasteiger partial charge in [-0.05, 0) is 0 Å². The van der Waals surface area contributed by atoms with Crippen LogP contribution in [0.4, 0.5) is 13.2 Å². The average molecular weight is 233 g/mol. The number of aromatic hydroxyl groups is 1. The summed E-state index contributed by atoms with van der Waals surface area (Å²) < 4.78 is 42.5. The van der Waals surface area contributed by atoms with Gasteiger partial charge in [0, 0.05) is 0 Å². The van der Waals surface area contributed by atoms with E-state index in [1.165, 1.54) is 0 Å². The Hall–Kier alpha value is -1.92. The molecule has 0 atom stereocenters. The summed E-state index contributed by atoms with van der Waals surface area (Å²) >= 11 is 0. The molecule has 0 radical (unpaired) electrons. The number of halogens is 3. The van der Waals surface area contributed by atoms with Crippen molar-refractivity contribution in [1.82, 2.24) is 0 Å². The minimum Gasteiger partial charge on any atom is -0.507 e. The Balaban J connectivity index is 3.50. The predicted molar refractivity (Wildman–Crippen MR) is 43.5 cm³/mol. The van der Waals surface area contributed by atoms with Gasteiger partial charge in [0.05, 0.1) is 0 Å². The van der Waals surface area contributed by atoms with Crippen LogP contribution in [0.3, 0.4) is 0 Å². The Labute approximate surface area is 87.1 Å². The summed E-state index contributed by atoms with van der Waals surface area (Å²) in [6, 6.07) is 1.07. The molecule has 0 saturated carbocycles. The number of phenols is 1. The molecular weight excluding hydrogens is 230 g/mol. The summed E-state index contributed by atoms with van der Waals surface area (Å²) in [6.07, 6.45) is 0. The van der Waals surface area contributed by atoms with Gasteiger partial charge < -0.3 is 19.8 Å². The number of rotatable bonds is 2. The van der Waals surface area contributed by atoms with Crippen molar-refractivity contribution in [3.8, 4) is 17.6 Å². The van der Waals surface area contributed by atoms with Crippen LogP contribution in [0.15, 0.2) is 0 Å². The Morgan fingerprint density at radius 2 is 1.69 bits per heavy atom. The zero-order chi connectivity index (χ0) is 12.5. The monoisotopic (exact) mass is 233 g/mol. The first-order chi connectivity index (χ1) is 7.40. The molecular formula is C7H3BF3NO4. The van der Waals surface area contributed by atoms with Gasteiger partial charge in [0.1, 0.15) is 11.6 Å². The molecule has 0 aromatic heterocycles. The van der Waals surface area contributed by atoms with Gasteiger partial charge in [-0.1, -0.05) is 0 Å². The van der Waals surface area contributed by atoms with Crippen LogP contribution in [0.2, 0.25) is 0 Å². The fourth-order valence-corrected chi connectivity index (χ4v) is 0.942. The minimum atomic E-state index is -2.56. The lowest BCUT2D eigenvalue weighted by molar-refractivity contribution is 0.269. The van der Waals surface area contributed by atoms with E-state index >= 15 is 0 Å². The van der Waals surface area contributed by atoms with Crippen molar-refractivity contribution >= 4 is 7.32 Å². The zero-order valence-corrected chi connectivity index (χ0v) is 7.41. The third-order valence-electron chi connectivity index (χ3n) is 1.59. The van der Waals surface area contributed by atoms with Crippen molar-refractivity contribution in [2.45, 2.75) is 0 Å². The van der Waals surface area contributed by atoms with E-state index in [4.69, 9.17) is 20.4 Å². The number of hydrogen-bond acceptors (Lipinski definition) is 5. The Morgan fingerprint density at radius 3 is 2.12 bits per heavy atom. The van der Waals surface area contributed by atoms with Crippen LogP contribution >= 0.6 is 0 Å². The molecule has 3 N–H and O–H groups in total. The molecule has 0 bridgehead atoms. The van der Waals surface area contributed by atoms with E-state index in [-0.39, 0.29) is 0 Å². The highest BCUT2D eigenvalue weighted by molar-refractivity contribution is 6.33. The van der Waals surface area contributed by atoms with Crippen LogP contribution in [0, 0.1) is 28.8 Å². The Bertz CT molecular complexity index is 474. The second kappa shape index (κ2) is 4.30. The van der Waals surface area contributed by atoms with Crippen LogP contribution in [-0.4, -0.2) is 22.5 Å². The normalized spacial score (nSPS) is 9.75. The lowest BCUT2D eigenvalue weighted by atomic mass is 10.1. The fourth-order valence-electron chi connectivity index (χ4n) is 0.942. The summed E-state index contributed by atoms with van der Waals surface area (Å²) in [7, 11) is -2.56. The van der Waals surface area contributed by atoms with Gasteiger partial charge in [0.15, 0.2) is 23.1 Å². The van der Waals surface area contributed by atoms with Crippen LogP contribution in [0.25, 0.3) is 0 Å². The van der Waals surface area contributed by atoms with Gasteiger partial charge in [-0.3, -0.25) is 0 Å². The number of phenolic OH excluding ortho intramolecular Hbond substituents is 1. The third-order valence-corrected chi connectivity index (χ3v) is 1.59. The number of nitrogens with zero attached hydrogens (tertiary/aromatic N) is 1. The topological polar surface area (TPSA) is 93.7 Å². The minimum absolute atomic E-state index is 1.07. The molecule has 9 heteroatoms. The van der Waals surface area contributed by atoms with Crippen molar-refractivity contribution in [2.24, 2.45) is 0 Å². The molecule has 0 aliphatic heterocycles. The first-order valence-electron chi connectivity index (χ1n) is 3.72. The van der Waals surface area contributed by atoms with Gasteiger partial charge in [-0.25, -0.2) is 8.78 Å². The molecule has 0 spiro atoms. The standard InChI is InChI=1S/C7H3BF3NO4/c9-3-2(1-12)6(13)7(16-8(14)15)5(11)4(3)10/h13-15H. The van der Waals surface area contributed by atoms with Gasteiger partial charge in [-0.2, -0.15) is 9.65 Å². The first-order valence-corrected chi connectivity index (χ1v) is 3.72. The second-order valence-electron chi connectivity index (χ2n) is 2.55. The lowest BCUT2D eigenvalue weighted by Gasteiger charge is -2.10. The highest BCUT2D eigenvalue weighted by Crippen LogP contribution is 2.36. The van der Waals surface area contributed by atoms with E-state index in [1.807, 2.05) is 0 Å². The van der Waals surface area contributed by atoms with Gasteiger partial charge in [0.25, 0.3) is 0 Å². The van der Waals surface area contributed by atoms with Gasteiger partial charge in [0.2, 0.25) is 5.82 Å². The second-order valence-corrected chi connectivity index (χ2v) is 2.55. The third kappa shape index (κ3) is 1.88. The molecule has 0 heterocycles. The van der Waals surface area contributed by atoms with Crippen molar-refractivity contribution in [3.63, 3.8) is 0 Å². The highest BCUT2D eigenvalue weighted by Gasteiger charge is 2.28. The summed E-state index contributed by atoms with van der Waals surface area (Å²) in [6.45, 7) is 0. The summed E-state index contributed by atoms with van der Waals surface area (Å²) in [5, 5.41) is 34.1. The van der Waals surface area contributed by atoms with Crippen LogP contribution in [0.1, 0.15) is 5.56 Å². The molecule has 0 amide bonds. The van der Waals surface area contributed by atoms with E-state index in [1.54, 1.807) is 0 Å². The molecule has 84 valence electrons. The molecule has 1 aromatic carbocycles. The number of hydrogen-bond donors (Lipinski definition) is 3. The molecule has 16 heavy (non-hydrogen) atoms. The SMILES string of the molecule is N#Cc1c(O)c(OB(O)O)c(F)c(F)c1F. The van der Waals surface area contributed by atoms with E-state index in [2.05, 4.69) is 4.65 Å². The van der Waals surface area contributed by atoms with Crippen LogP contribution in [0.5, 0.6) is 11.5 Å². The largest absolute Gasteiger partial charge is 0.707 e. The molecule has 1 rings (SSSR count). The Morgan fingerprint density at radius 1 is 1.12 bits per heavy atom. The predicted octanol–water partition coefficient (Wildman–Crippen LogP) is 0.0295. The fraction of sp³-hybridized carbons (Fsp3) is 0. The first kappa shape index (κ1) is 12.2. The van der Waals surface area contributed by atoms with E-state index in [0.29, 0.717) is 0 Å². The van der Waals surface area contributed by atoms with Gasteiger partial charge >= 0.3 is 7.32 Å². The Kier molecular flexibility index (Phi) is 3.27. The number of nitriles is 1. The molecule has 0 saturated heterocycles. The average Bonchev–Trinajstić information content (AvgIpc) is 2.22. The molecule has 5 nitrogen and oxygen atoms in total. The van der Waals surface area contributed by atoms with Crippen LogP contribution < -0.4 is 4.65 Å². The molecule has 0 aliphatic carbocycles. The van der Waals surface area contributed by atoms with Crippen molar-refractivity contribution in [1.29, 1.82) is 5.26 Å². The van der Waals surface area contributed by atoms with Crippen molar-refractivity contribution in [2.75, 3.05) is 0 Å². The van der Waals surface area contributed by atoms with Crippen molar-refractivity contribution in [3.05, 3.63) is 23.0 Å². The zero-order valence-electron chi connectivity index (χ0n) is 7.41. The maximum atomic E-state index is 13.0. The maximum absolute atomic E-state index is 13.0. The van der Waals surface area contributed by atoms with E-state index in [9.17, 15) is 13.2 Å². The number of benzene rings is 1. The van der Waals surface area contributed by atoms with E-state index < -0.39 is 41.8 Å². The smallest absolute Gasteiger partial charge is 0.507 e. The summed E-state index contributed by atoms with van der Waals surface area (Å²) in [5.74, 6) is -8.64. The maximum Gasteiger partial charge on any atom is 0.707 e. The summed E-state index contributed by atoms with van der Waals surface area (Å²) in [5.41, 5.74) is -1.20. The quantitative estimate of drug-likeness (QED) is 0.494.